The molecule has 0 amide bonds. The molecule has 1 heterocycles. The number of aromatic nitrogens is 3. The Morgan fingerprint density at radius 1 is 1.39 bits per heavy atom. The Bertz CT molecular complexity index is 336. The lowest BCUT2D eigenvalue weighted by atomic mass is 10.0. The average molecular weight is 319 g/mol. The van der Waals surface area contributed by atoms with Gasteiger partial charge in [0, 0.05) is 14.2 Å². The van der Waals surface area contributed by atoms with Gasteiger partial charge in [-0.25, -0.2) is 4.68 Å². The van der Waals surface area contributed by atoms with Gasteiger partial charge in [-0.1, -0.05) is 25.5 Å². The molecular weight excluding hydrogens is 296 g/mol. The summed E-state index contributed by atoms with van der Waals surface area (Å²) in [6.45, 7) is 5.27. The van der Waals surface area contributed by atoms with Gasteiger partial charge in [0.25, 0.3) is 0 Å². The number of hydrogen-bond donors (Lipinski definition) is 1. The highest BCUT2D eigenvalue weighted by molar-refractivity contribution is 9.10. The van der Waals surface area contributed by atoms with E-state index in [1.165, 1.54) is 0 Å². The molecule has 0 aromatic carbocycles. The standard InChI is InChI=1S/C12H23BrN4O/c1-5-7-9(18-4)10(14-8-6-2)11-12(13)15-16-17(11)3/h9-10,14H,5-8H2,1-4H3. The van der Waals surface area contributed by atoms with E-state index in [1.807, 2.05) is 7.05 Å². The first-order chi connectivity index (χ1) is 8.65. The molecule has 104 valence electrons. The van der Waals surface area contributed by atoms with Crippen molar-refractivity contribution in [2.24, 2.45) is 7.05 Å². The predicted octanol–water partition coefficient (Wildman–Crippen LogP) is 2.43. The predicted molar refractivity (Wildman–Crippen MR) is 75.4 cm³/mol. The van der Waals surface area contributed by atoms with Gasteiger partial charge in [-0.05, 0) is 35.3 Å². The van der Waals surface area contributed by atoms with Gasteiger partial charge < -0.3 is 10.1 Å². The third kappa shape index (κ3) is 3.76. The van der Waals surface area contributed by atoms with Crippen molar-refractivity contribution in [3.05, 3.63) is 10.3 Å². The van der Waals surface area contributed by atoms with E-state index >= 15 is 0 Å². The van der Waals surface area contributed by atoms with Crippen LogP contribution in [0.1, 0.15) is 44.8 Å². The van der Waals surface area contributed by atoms with E-state index in [-0.39, 0.29) is 12.1 Å². The third-order valence-corrected chi connectivity index (χ3v) is 3.55. The second-order valence-corrected chi connectivity index (χ2v) is 5.13. The van der Waals surface area contributed by atoms with Crippen LogP contribution >= 0.6 is 15.9 Å². The number of nitrogens with one attached hydrogen (secondary N) is 1. The lowest BCUT2D eigenvalue weighted by Gasteiger charge is -2.27. The molecule has 2 unspecified atom stereocenters. The van der Waals surface area contributed by atoms with E-state index < -0.39 is 0 Å². The summed E-state index contributed by atoms with van der Waals surface area (Å²) in [4.78, 5) is 0. The maximum absolute atomic E-state index is 5.63. The Labute approximate surface area is 117 Å². The molecule has 0 spiro atoms. The largest absolute Gasteiger partial charge is 0.379 e. The van der Waals surface area contributed by atoms with Crippen molar-refractivity contribution in [3.63, 3.8) is 0 Å². The third-order valence-electron chi connectivity index (χ3n) is 2.98. The lowest BCUT2D eigenvalue weighted by molar-refractivity contribution is 0.0579. The number of ether oxygens (including phenoxy) is 1. The zero-order valence-corrected chi connectivity index (χ0v) is 13.2. The number of methoxy groups -OCH3 is 1. The topological polar surface area (TPSA) is 52.0 Å². The zero-order chi connectivity index (χ0) is 13.5. The van der Waals surface area contributed by atoms with E-state index in [4.69, 9.17) is 4.74 Å². The Morgan fingerprint density at radius 3 is 2.56 bits per heavy atom. The van der Waals surface area contributed by atoms with Crippen molar-refractivity contribution in [1.29, 1.82) is 0 Å². The molecule has 0 aliphatic heterocycles. The minimum atomic E-state index is 0.115. The fourth-order valence-electron chi connectivity index (χ4n) is 2.08. The van der Waals surface area contributed by atoms with E-state index in [0.717, 1.165) is 36.1 Å². The number of halogens is 1. The molecule has 1 N–H and O–H groups in total. The summed E-state index contributed by atoms with van der Waals surface area (Å²) in [6, 6.07) is 0.115. The highest BCUT2D eigenvalue weighted by atomic mass is 79.9. The van der Waals surface area contributed by atoms with Crippen LogP contribution < -0.4 is 5.32 Å². The van der Waals surface area contributed by atoms with E-state index in [1.54, 1.807) is 11.8 Å². The van der Waals surface area contributed by atoms with Crippen molar-refractivity contribution >= 4 is 15.9 Å². The molecule has 1 rings (SSSR count). The summed E-state index contributed by atoms with van der Waals surface area (Å²) >= 11 is 3.47. The second-order valence-electron chi connectivity index (χ2n) is 4.38. The van der Waals surface area contributed by atoms with Crippen LogP contribution in [0.4, 0.5) is 0 Å². The van der Waals surface area contributed by atoms with Crippen LogP contribution in [0.3, 0.4) is 0 Å². The molecule has 0 saturated heterocycles. The Hall–Kier alpha value is -0.460. The maximum Gasteiger partial charge on any atom is 0.153 e. The van der Waals surface area contributed by atoms with Crippen molar-refractivity contribution in [3.8, 4) is 0 Å². The Balaban J connectivity index is 2.96. The first-order valence-corrected chi connectivity index (χ1v) is 7.26. The maximum atomic E-state index is 5.63. The van der Waals surface area contributed by atoms with Gasteiger partial charge in [-0.15, -0.1) is 5.10 Å². The second kappa shape index (κ2) is 7.86. The molecule has 0 aliphatic rings. The smallest absolute Gasteiger partial charge is 0.153 e. The summed E-state index contributed by atoms with van der Waals surface area (Å²) < 4.78 is 8.22. The molecule has 1 aromatic heterocycles. The van der Waals surface area contributed by atoms with Crippen LogP contribution in [0, 0.1) is 0 Å². The van der Waals surface area contributed by atoms with Gasteiger partial charge in [0.05, 0.1) is 17.8 Å². The SMILES string of the molecule is CCCNC(c1c(Br)nnn1C)C(CCC)OC. The van der Waals surface area contributed by atoms with E-state index in [9.17, 15) is 0 Å². The average Bonchev–Trinajstić information content (AvgIpc) is 2.69. The normalized spacial score (nSPS) is 14.7. The van der Waals surface area contributed by atoms with Crippen LogP contribution in [0.5, 0.6) is 0 Å². The lowest BCUT2D eigenvalue weighted by Crippen LogP contribution is -2.35. The van der Waals surface area contributed by atoms with Crippen LogP contribution in [0.15, 0.2) is 4.60 Å². The van der Waals surface area contributed by atoms with Crippen molar-refractivity contribution < 1.29 is 4.74 Å². The minimum absolute atomic E-state index is 0.115. The highest BCUT2D eigenvalue weighted by Crippen LogP contribution is 2.26. The Morgan fingerprint density at radius 2 is 2.11 bits per heavy atom. The summed E-state index contributed by atoms with van der Waals surface area (Å²) in [7, 11) is 3.67. The molecule has 0 bridgehead atoms. The van der Waals surface area contributed by atoms with Crippen molar-refractivity contribution in [1.82, 2.24) is 20.3 Å². The van der Waals surface area contributed by atoms with Gasteiger partial charge in [-0.3, -0.25) is 0 Å². The molecule has 0 fully saturated rings. The van der Waals surface area contributed by atoms with Crippen molar-refractivity contribution in [2.75, 3.05) is 13.7 Å². The van der Waals surface area contributed by atoms with Gasteiger partial charge >= 0.3 is 0 Å². The zero-order valence-electron chi connectivity index (χ0n) is 11.6. The molecule has 0 saturated carbocycles. The number of nitrogens with zero attached hydrogens (tertiary/aromatic N) is 3. The van der Waals surface area contributed by atoms with Gasteiger partial charge in [0.15, 0.2) is 4.60 Å². The highest BCUT2D eigenvalue weighted by Gasteiger charge is 2.27. The summed E-state index contributed by atoms with van der Waals surface area (Å²) in [5.74, 6) is 0. The van der Waals surface area contributed by atoms with E-state index in [2.05, 4.69) is 45.4 Å². The molecule has 5 nitrogen and oxygen atoms in total. The van der Waals surface area contributed by atoms with Gasteiger partial charge in [-0.2, -0.15) is 0 Å². The van der Waals surface area contributed by atoms with Crippen LogP contribution in [-0.4, -0.2) is 34.8 Å². The Kier molecular flexibility index (Phi) is 6.81. The van der Waals surface area contributed by atoms with Gasteiger partial charge in [0.2, 0.25) is 0 Å². The summed E-state index contributed by atoms with van der Waals surface area (Å²) in [5.41, 5.74) is 1.05. The molecule has 0 aliphatic carbocycles. The molecular formula is C12H23BrN4O. The first-order valence-electron chi connectivity index (χ1n) is 6.46. The van der Waals surface area contributed by atoms with Crippen LogP contribution in [0.25, 0.3) is 0 Å². The minimum Gasteiger partial charge on any atom is -0.379 e. The fraction of sp³-hybridized carbons (Fsp3) is 0.833. The first kappa shape index (κ1) is 15.6. The van der Waals surface area contributed by atoms with Crippen LogP contribution in [0.2, 0.25) is 0 Å². The number of aryl methyl sites for hydroxylation is 1. The van der Waals surface area contributed by atoms with E-state index in [0.29, 0.717) is 0 Å². The van der Waals surface area contributed by atoms with Gasteiger partial charge in [0.1, 0.15) is 0 Å². The molecule has 0 radical (unpaired) electrons. The molecule has 6 heteroatoms. The fourth-order valence-corrected chi connectivity index (χ4v) is 2.65. The van der Waals surface area contributed by atoms with Crippen molar-refractivity contribution in [2.45, 2.75) is 45.3 Å². The molecule has 18 heavy (non-hydrogen) atoms. The molecule has 2 atom stereocenters. The number of hydrogen-bond acceptors (Lipinski definition) is 4. The summed E-state index contributed by atoms with van der Waals surface area (Å²) in [5, 5.41) is 11.6. The number of rotatable bonds is 8. The quantitative estimate of drug-likeness (QED) is 0.799. The monoisotopic (exact) mass is 318 g/mol. The molecule has 1 aromatic rings. The summed E-state index contributed by atoms with van der Waals surface area (Å²) in [6.07, 6.45) is 3.32. The van der Waals surface area contributed by atoms with Crippen LogP contribution in [-0.2, 0) is 11.8 Å².